The largest absolute Gasteiger partial charge is 0.479 e. The monoisotopic (exact) mass is 401 g/mol. The molecule has 3 N–H and O–H groups in total. The number of aliphatic hydroxyl groups excluding tert-OH is 1. The van der Waals surface area contributed by atoms with E-state index in [-0.39, 0.29) is 12.0 Å². The molecule has 7 heteroatoms. The van der Waals surface area contributed by atoms with Gasteiger partial charge in [-0.05, 0) is 30.5 Å². The van der Waals surface area contributed by atoms with Gasteiger partial charge in [0.25, 0.3) is 0 Å². The molecule has 0 amide bonds. The zero-order valence-electron chi connectivity index (χ0n) is 16.6. The maximum atomic E-state index is 11.3. The Kier molecular flexibility index (Phi) is 8.33. The third kappa shape index (κ3) is 5.20. The van der Waals surface area contributed by atoms with Gasteiger partial charge in [0.1, 0.15) is 6.04 Å². The molecule has 0 radical (unpaired) electrons. The number of aliphatic hydroxyl groups is 1. The van der Waals surface area contributed by atoms with Crippen molar-refractivity contribution in [2.75, 3.05) is 20.8 Å². The predicted octanol–water partition coefficient (Wildman–Crippen LogP) is 1.93. The smallest absolute Gasteiger partial charge is 0.336 e. The number of aliphatic carboxylic acids is 1. The van der Waals surface area contributed by atoms with Gasteiger partial charge < -0.3 is 25.0 Å². The zero-order chi connectivity index (χ0) is 21.3. The summed E-state index contributed by atoms with van der Waals surface area (Å²) in [6.07, 6.45) is 0.296. The lowest BCUT2D eigenvalue weighted by atomic mass is 9.81. The summed E-state index contributed by atoms with van der Waals surface area (Å²) in [6, 6.07) is 17.7. The van der Waals surface area contributed by atoms with Crippen molar-refractivity contribution >= 4 is 11.9 Å². The molecule has 0 bridgehead atoms. The second-order valence-electron chi connectivity index (χ2n) is 6.58. The number of hydrogen-bond acceptors (Lipinski definition) is 6. The van der Waals surface area contributed by atoms with Crippen molar-refractivity contribution in [2.45, 2.75) is 30.6 Å². The second kappa shape index (κ2) is 10.7. The zero-order valence-corrected chi connectivity index (χ0v) is 16.6. The predicted molar refractivity (Wildman–Crippen MR) is 107 cm³/mol. The molecule has 1 aliphatic heterocycles. The molecule has 0 saturated carbocycles. The molecule has 1 aliphatic rings. The molecule has 0 spiro atoms. The molecule has 1 fully saturated rings. The first-order valence-corrected chi connectivity index (χ1v) is 9.35. The van der Waals surface area contributed by atoms with Gasteiger partial charge in [0.2, 0.25) is 0 Å². The number of carbonyl (C=O) groups excluding carboxylic acids is 1. The minimum absolute atomic E-state index is 0.0324. The summed E-state index contributed by atoms with van der Waals surface area (Å²) >= 11 is 0. The second-order valence-corrected chi connectivity index (χ2v) is 6.58. The van der Waals surface area contributed by atoms with Crippen LogP contribution in [0.15, 0.2) is 60.7 Å². The van der Waals surface area contributed by atoms with Gasteiger partial charge >= 0.3 is 11.9 Å². The van der Waals surface area contributed by atoms with E-state index in [1.54, 1.807) is 48.5 Å². The maximum Gasteiger partial charge on any atom is 0.336 e. The number of nitrogens with one attached hydrogen (secondary N) is 1. The number of carboxylic acid groups (broad SMARTS) is 1. The lowest BCUT2D eigenvalue weighted by Gasteiger charge is -2.35. The molecule has 1 saturated heterocycles. The molecule has 1 unspecified atom stereocenters. The lowest BCUT2D eigenvalue weighted by Crippen LogP contribution is -2.47. The average molecular weight is 401 g/mol. The van der Waals surface area contributed by atoms with Crippen LogP contribution in [0.3, 0.4) is 0 Å². The van der Waals surface area contributed by atoms with E-state index >= 15 is 0 Å². The van der Waals surface area contributed by atoms with E-state index in [4.69, 9.17) is 4.74 Å². The number of hydrogen-bond donors (Lipinski definition) is 3. The summed E-state index contributed by atoms with van der Waals surface area (Å²) in [6.45, 7) is 0.944. The maximum absolute atomic E-state index is 11.3. The Morgan fingerprint density at radius 1 is 1.03 bits per heavy atom. The van der Waals surface area contributed by atoms with Crippen molar-refractivity contribution in [1.82, 2.24) is 5.32 Å². The van der Waals surface area contributed by atoms with E-state index in [2.05, 4.69) is 10.1 Å². The summed E-state index contributed by atoms with van der Waals surface area (Å²) < 4.78 is 10.0. The minimum Gasteiger partial charge on any atom is -0.479 e. The topological polar surface area (TPSA) is 105 Å². The fourth-order valence-electron chi connectivity index (χ4n) is 3.40. The first-order valence-electron chi connectivity index (χ1n) is 9.35. The van der Waals surface area contributed by atoms with Crippen LogP contribution < -0.4 is 5.32 Å². The molecule has 2 aromatic carbocycles. The van der Waals surface area contributed by atoms with Crippen LogP contribution in [0.5, 0.6) is 0 Å². The minimum atomic E-state index is -1.71. The molecule has 2 aromatic rings. The molecular formula is C22H27NO6. The van der Waals surface area contributed by atoms with Crippen molar-refractivity contribution in [2.24, 2.45) is 0 Å². The van der Waals surface area contributed by atoms with Crippen molar-refractivity contribution in [1.29, 1.82) is 0 Å². The van der Waals surface area contributed by atoms with Gasteiger partial charge in [0.05, 0.1) is 7.11 Å². The normalized spacial score (nSPS) is 17.0. The highest BCUT2D eigenvalue weighted by atomic mass is 16.5. The van der Waals surface area contributed by atoms with E-state index in [0.29, 0.717) is 11.1 Å². The fourth-order valence-corrected chi connectivity index (χ4v) is 3.40. The molecule has 1 heterocycles. The number of carboxylic acids is 1. The van der Waals surface area contributed by atoms with Crippen LogP contribution in [0, 0.1) is 0 Å². The van der Waals surface area contributed by atoms with Gasteiger partial charge in [0, 0.05) is 7.11 Å². The van der Waals surface area contributed by atoms with Crippen LogP contribution >= 0.6 is 0 Å². The first kappa shape index (κ1) is 22.5. The summed E-state index contributed by atoms with van der Waals surface area (Å²) in [7, 11) is 2.81. The van der Waals surface area contributed by atoms with Gasteiger partial charge in [-0.3, -0.25) is 4.79 Å². The summed E-state index contributed by atoms with van der Waals surface area (Å²) in [4.78, 5) is 22.1. The SMILES string of the molecule is COC(=O)[C@@H]1CCCN1.COC(c1ccccc1)(c1ccccc1)C(O)C(=O)O. The summed E-state index contributed by atoms with van der Waals surface area (Å²) in [5, 5.41) is 22.5. The van der Waals surface area contributed by atoms with Crippen molar-refractivity contribution in [3.05, 3.63) is 71.8 Å². The Labute approximate surface area is 170 Å². The quantitative estimate of drug-likeness (QED) is 0.635. The van der Waals surface area contributed by atoms with E-state index in [0.717, 1.165) is 19.4 Å². The van der Waals surface area contributed by atoms with E-state index < -0.39 is 17.7 Å². The number of carbonyl (C=O) groups is 2. The van der Waals surface area contributed by atoms with Crippen molar-refractivity contribution in [3.8, 4) is 0 Å². The van der Waals surface area contributed by atoms with E-state index in [1.165, 1.54) is 14.2 Å². The van der Waals surface area contributed by atoms with Gasteiger partial charge in [-0.1, -0.05) is 60.7 Å². The van der Waals surface area contributed by atoms with Gasteiger partial charge in [-0.25, -0.2) is 4.79 Å². The number of rotatable bonds is 6. The Morgan fingerprint density at radius 3 is 1.90 bits per heavy atom. The first-order chi connectivity index (χ1) is 14.0. The molecule has 29 heavy (non-hydrogen) atoms. The fraction of sp³-hybridized carbons (Fsp3) is 0.364. The van der Waals surface area contributed by atoms with E-state index in [1.807, 2.05) is 12.1 Å². The molecule has 156 valence electrons. The standard InChI is InChI=1S/C16H16O4.C6H11NO2/c1-20-16(14(17)15(18)19,12-8-4-2-5-9-12)13-10-6-3-7-11-13;1-9-6(8)5-3-2-4-7-5/h2-11,14,17H,1H3,(H,18,19);5,7H,2-4H2,1H3/t;5-/m.0/s1. The van der Waals surface area contributed by atoms with Crippen LogP contribution in [0.1, 0.15) is 24.0 Å². The summed E-state index contributed by atoms with van der Waals surface area (Å²) in [5.74, 6) is -1.47. The Hall–Kier alpha value is -2.74. The highest BCUT2D eigenvalue weighted by Crippen LogP contribution is 2.36. The number of methoxy groups -OCH3 is 2. The number of ether oxygens (including phenoxy) is 2. The number of benzene rings is 2. The third-order valence-corrected chi connectivity index (χ3v) is 4.89. The van der Waals surface area contributed by atoms with Crippen LogP contribution in [0.4, 0.5) is 0 Å². The highest BCUT2D eigenvalue weighted by molar-refractivity contribution is 5.76. The molecular weight excluding hydrogens is 374 g/mol. The van der Waals surface area contributed by atoms with Crippen molar-refractivity contribution in [3.63, 3.8) is 0 Å². The Balaban J connectivity index is 0.000000278. The molecule has 0 aromatic heterocycles. The lowest BCUT2D eigenvalue weighted by molar-refractivity contribution is -0.163. The molecule has 0 aliphatic carbocycles. The summed E-state index contributed by atoms with van der Waals surface area (Å²) in [5.41, 5.74) is -0.263. The van der Waals surface area contributed by atoms with Crippen LogP contribution in [-0.2, 0) is 24.7 Å². The molecule has 7 nitrogen and oxygen atoms in total. The van der Waals surface area contributed by atoms with Crippen LogP contribution in [0.2, 0.25) is 0 Å². The Bertz CT molecular complexity index is 735. The Morgan fingerprint density at radius 2 is 1.55 bits per heavy atom. The average Bonchev–Trinajstić information content (AvgIpc) is 3.31. The van der Waals surface area contributed by atoms with Gasteiger partial charge in [-0.15, -0.1) is 0 Å². The van der Waals surface area contributed by atoms with Crippen LogP contribution in [0.25, 0.3) is 0 Å². The van der Waals surface area contributed by atoms with Crippen molar-refractivity contribution < 1.29 is 29.3 Å². The van der Waals surface area contributed by atoms with E-state index in [9.17, 15) is 19.8 Å². The highest BCUT2D eigenvalue weighted by Gasteiger charge is 2.45. The van der Waals surface area contributed by atoms with Gasteiger partial charge in [-0.2, -0.15) is 0 Å². The third-order valence-electron chi connectivity index (χ3n) is 4.89. The molecule has 2 atom stereocenters. The number of esters is 1. The van der Waals surface area contributed by atoms with Gasteiger partial charge in [0.15, 0.2) is 11.7 Å². The molecule has 3 rings (SSSR count). The van der Waals surface area contributed by atoms with Crippen LogP contribution in [-0.4, -0.2) is 55.1 Å².